The maximum absolute atomic E-state index is 13.5. The van der Waals surface area contributed by atoms with E-state index >= 15 is 0 Å². The average molecular weight is 499 g/mol. The zero-order valence-electron chi connectivity index (χ0n) is 18.3. The highest BCUT2D eigenvalue weighted by Gasteiger charge is 2.28. The Morgan fingerprint density at radius 1 is 1.15 bits per heavy atom. The van der Waals surface area contributed by atoms with Gasteiger partial charge in [0.2, 0.25) is 0 Å². The minimum Gasteiger partial charge on any atom is -0.352 e. The van der Waals surface area contributed by atoms with Crippen LogP contribution in [0.1, 0.15) is 40.2 Å². The highest BCUT2D eigenvalue weighted by Crippen LogP contribution is 2.34. The molecule has 0 atom stereocenters. The molecule has 1 aromatic heterocycles. The fourth-order valence-electron chi connectivity index (χ4n) is 4.13. The van der Waals surface area contributed by atoms with E-state index in [1.807, 2.05) is 6.07 Å². The molecule has 4 rings (SSSR count). The number of nitrogens with one attached hydrogen (secondary N) is 1. The lowest BCUT2D eigenvalue weighted by Crippen LogP contribution is -2.39. The van der Waals surface area contributed by atoms with Gasteiger partial charge in [-0.15, -0.1) is 0 Å². The molecule has 2 heterocycles. The van der Waals surface area contributed by atoms with Gasteiger partial charge >= 0.3 is 0 Å². The molecule has 0 radical (unpaired) electrons. The van der Waals surface area contributed by atoms with Crippen molar-refractivity contribution in [2.24, 2.45) is 7.05 Å². The normalized spacial score (nSPS) is 14.0. The number of aromatic nitrogens is 1. The van der Waals surface area contributed by atoms with Crippen LogP contribution in [-0.2, 0) is 7.05 Å². The number of carbonyl (C=O) groups is 1. The smallest absolute Gasteiger partial charge is 0.271 e. The van der Waals surface area contributed by atoms with Gasteiger partial charge in [0.15, 0.2) is 0 Å². The van der Waals surface area contributed by atoms with Crippen LogP contribution in [0.3, 0.4) is 0 Å². The second-order valence-corrected chi connectivity index (χ2v) is 8.98. The van der Waals surface area contributed by atoms with Gasteiger partial charge in [0.25, 0.3) is 11.5 Å². The quantitative estimate of drug-likeness (QED) is 0.517. The number of benzene rings is 2. The molecule has 0 bridgehead atoms. The molecule has 1 aliphatic rings. The number of carbonyl (C=O) groups excluding carboxylic acids is 1. The molecule has 1 aliphatic heterocycles. The van der Waals surface area contributed by atoms with Crippen molar-refractivity contribution in [1.82, 2.24) is 9.47 Å². The first-order chi connectivity index (χ1) is 16.3. The summed E-state index contributed by atoms with van der Waals surface area (Å²) in [4.78, 5) is 27.7. The summed E-state index contributed by atoms with van der Waals surface area (Å²) in [6, 6.07) is 13.1. The highest BCUT2D eigenvalue weighted by atomic mass is 35.5. The Balaban J connectivity index is 1.61. The van der Waals surface area contributed by atoms with Gasteiger partial charge in [-0.05, 0) is 54.7 Å². The lowest BCUT2D eigenvalue weighted by Gasteiger charge is -2.33. The molecule has 0 saturated carbocycles. The number of nitrogens with zero attached hydrogens (tertiary/aromatic N) is 3. The summed E-state index contributed by atoms with van der Waals surface area (Å²) in [5.41, 5.74) is 1.68. The SMILES string of the molecule is Cn1cc(C(=O)N2CCC(c3ccc(F)cc3)CC2)c(Nc2cc(C#N)ccc2Cl)c(Cl)c1=O. The molecule has 1 saturated heterocycles. The third kappa shape index (κ3) is 4.79. The number of piperidine rings is 1. The third-order valence-electron chi connectivity index (χ3n) is 6.03. The van der Waals surface area contributed by atoms with Gasteiger partial charge in [0.1, 0.15) is 10.8 Å². The van der Waals surface area contributed by atoms with Crippen molar-refractivity contribution in [2.75, 3.05) is 18.4 Å². The van der Waals surface area contributed by atoms with Gasteiger partial charge in [0.05, 0.1) is 33.6 Å². The van der Waals surface area contributed by atoms with Crippen molar-refractivity contribution in [3.63, 3.8) is 0 Å². The minimum atomic E-state index is -0.469. The molecule has 9 heteroatoms. The molecule has 0 unspecified atom stereocenters. The van der Waals surface area contributed by atoms with Crippen LogP contribution in [0.2, 0.25) is 10.0 Å². The molecule has 1 fully saturated rings. The van der Waals surface area contributed by atoms with E-state index in [0.29, 0.717) is 29.4 Å². The number of hydrogen-bond donors (Lipinski definition) is 1. The summed E-state index contributed by atoms with van der Waals surface area (Å²) in [5.74, 6) is -0.313. The molecule has 1 amide bonds. The largest absolute Gasteiger partial charge is 0.352 e. The van der Waals surface area contributed by atoms with Crippen LogP contribution in [0.5, 0.6) is 0 Å². The summed E-state index contributed by atoms with van der Waals surface area (Å²) in [6.45, 7) is 1.01. The zero-order chi connectivity index (χ0) is 24.4. The number of halogens is 3. The van der Waals surface area contributed by atoms with E-state index < -0.39 is 5.56 Å². The van der Waals surface area contributed by atoms with Crippen molar-refractivity contribution in [1.29, 1.82) is 5.26 Å². The number of hydrogen-bond acceptors (Lipinski definition) is 4. The van der Waals surface area contributed by atoms with E-state index in [1.165, 1.54) is 36.0 Å². The molecule has 34 heavy (non-hydrogen) atoms. The van der Waals surface area contributed by atoms with Crippen LogP contribution >= 0.6 is 23.2 Å². The van der Waals surface area contributed by atoms with Crippen LogP contribution in [0, 0.1) is 17.1 Å². The number of likely N-dealkylation sites (tertiary alicyclic amines) is 1. The lowest BCUT2D eigenvalue weighted by molar-refractivity contribution is 0.0713. The molecule has 2 aromatic carbocycles. The van der Waals surface area contributed by atoms with Crippen LogP contribution < -0.4 is 10.9 Å². The maximum atomic E-state index is 13.5. The number of pyridine rings is 1. The molecule has 3 aromatic rings. The number of nitriles is 1. The maximum Gasteiger partial charge on any atom is 0.271 e. The molecule has 6 nitrogen and oxygen atoms in total. The van der Waals surface area contributed by atoms with Gasteiger partial charge < -0.3 is 14.8 Å². The fraction of sp³-hybridized carbons (Fsp3) is 0.240. The first-order valence-corrected chi connectivity index (χ1v) is 11.4. The number of anilines is 2. The van der Waals surface area contributed by atoms with E-state index in [-0.39, 0.29) is 33.9 Å². The third-order valence-corrected chi connectivity index (χ3v) is 6.71. The Kier molecular flexibility index (Phi) is 6.92. The van der Waals surface area contributed by atoms with Crippen LogP contribution in [0.4, 0.5) is 15.8 Å². The Morgan fingerprint density at radius 2 is 1.82 bits per heavy atom. The van der Waals surface area contributed by atoms with E-state index in [0.717, 1.165) is 18.4 Å². The van der Waals surface area contributed by atoms with E-state index in [9.17, 15) is 19.2 Å². The molecular weight excluding hydrogens is 478 g/mol. The zero-order valence-corrected chi connectivity index (χ0v) is 19.8. The van der Waals surface area contributed by atoms with Crippen LogP contribution in [-0.4, -0.2) is 28.5 Å². The van der Waals surface area contributed by atoms with Gasteiger partial charge in [-0.3, -0.25) is 9.59 Å². The number of aryl methyl sites for hydroxylation is 1. The number of amides is 1. The van der Waals surface area contributed by atoms with E-state index in [1.54, 1.807) is 29.2 Å². The van der Waals surface area contributed by atoms with Crippen molar-refractivity contribution < 1.29 is 9.18 Å². The summed E-state index contributed by atoms with van der Waals surface area (Å²) in [5, 5.41) is 12.4. The summed E-state index contributed by atoms with van der Waals surface area (Å²) in [7, 11) is 1.53. The minimum absolute atomic E-state index is 0.145. The Morgan fingerprint density at radius 3 is 2.47 bits per heavy atom. The Hall–Kier alpha value is -3.34. The van der Waals surface area contributed by atoms with Crippen molar-refractivity contribution in [2.45, 2.75) is 18.8 Å². The topological polar surface area (TPSA) is 78.1 Å². The predicted molar refractivity (Wildman–Crippen MR) is 130 cm³/mol. The predicted octanol–water partition coefficient (Wildman–Crippen LogP) is 5.47. The standard InChI is InChI=1S/C25H21Cl2FN4O2/c1-31-14-19(23(22(27)25(31)34)30-21-12-15(13-29)2-7-20(21)26)24(33)32-10-8-17(9-11-32)16-3-5-18(28)6-4-16/h2-7,12,14,17,30H,8-11H2,1H3. The summed E-state index contributed by atoms with van der Waals surface area (Å²) in [6.07, 6.45) is 2.92. The van der Waals surface area contributed by atoms with Crippen molar-refractivity contribution >= 4 is 40.5 Å². The van der Waals surface area contributed by atoms with Gasteiger partial charge in [-0.2, -0.15) is 5.26 Å². The monoisotopic (exact) mass is 498 g/mol. The average Bonchev–Trinajstić information content (AvgIpc) is 2.85. The summed E-state index contributed by atoms with van der Waals surface area (Å²) >= 11 is 12.6. The Bertz CT molecular complexity index is 1340. The van der Waals surface area contributed by atoms with Gasteiger partial charge in [0, 0.05) is 26.3 Å². The van der Waals surface area contributed by atoms with Crippen LogP contribution in [0.15, 0.2) is 53.5 Å². The first-order valence-electron chi connectivity index (χ1n) is 10.7. The van der Waals surface area contributed by atoms with E-state index in [2.05, 4.69) is 5.32 Å². The van der Waals surface area contributed by atoms with Crippen LogP contribution in [0.25, 0.3) is 0 Å². The number of rotatable bonds is 4. The molecular formula is C25H21Cl2FN4O2. The van der Waals surface area contributed by atoms with E-state index in [4.69, 9.17) is 23.2 Å². The first kappa shape index (κ1) is 23.8. The van der Waals surface area contributed by atoms with Gasteiger partial charge in [-0.25, -0.2) is 4.39 Å². The second-order valence-electron chi connectivity index (χ2n) is 8.20. The molecule has 1 N–H and O–H groups in total. The summed E-state index contributed by atoms with van der Waals surface area (Å²) < 4.78 is 14.5. The van der Waals surface area contributed by atoms with Crippen molar-refractivity contribution in [3.05, 3.63) is 91.6 Å². The lowest BCUT2D eigenvalue weighted by atomic mass is 9.89. The molecule has 174 valence electrons. The molecule has 0 aliphatic carbocycles. The fourth-order valence-corrected chi connectivity index (χ4v) is 4.57. The van der Waals surface area contributed by atoms with Gasteiger partial charge in [-0.1, -0.05) is 35.3 Å². The second kappa shape index (κ2) is 9.88. The van der Waals surface area contributed by atoms with Crippen molar-refractivity contribution in [3.8, 4) is 6.07 Å². The molecule has 0 spiro atoms. The Labute approximate surface area is 206 Å². The highest BCUT2D eigenvalue weighted by molar-refractivity contribution is 6.35.